The fourth-order valence-electron chi connectivity index (χ4n) is 3.04. The maximum absolute atomic E-state index is 12.2. The van der Waals surface area contributed by atoms with Gasteiger partial charge in [-0.25, -0.2) is 15.1 Å². The van der Waals surface area contributed by atoms with E-state index in [0.29, 0.717) is 24.3 Å². The van der Waals surface area contributed by atoms with E-state index in [4.69, 9.17) is 14.5 Å². The van der Waals surface area contributed by atoms with E-state index in [-0.39, 0.29) is 25.6 Å². The number of fused-ring (bicyclic) bond motifs is 2. The van der Waals surface area contributed by atoms with Crippen molar-refractivity contribution in [3.63, 3.8) is 0 Å². The van der Waals surface area contributed by atoms with Crippen LogP contribution in [0, 0.1) is 0 Å². The van der Waals surface area contributed by atoms with Gasteiger partial charge >= 0.3 is 22.5 Å². The summed E-state index contributed by atoms with van der Waals surface area (Å²) in [5.74, 6) is -0.563. The predicted molar refractivity (Wildman–Crippen MR) is 87.3 cm³/mol. The van der Waals surface area contributed by atoms with Crippen LogP contribution in [0.25, 0.3) is 0 Å². The molecule has 3 atom stereocenters. The van der Waals surface area contributed by atoms with Crippen LogP contribution >= 0.6 is 0 Å². The van der Waals surface area contributed by atoms with E-state index in [9.17, 15) is 22.8 Å². The van der Waals surface area contributed by atoms with Crippen molar-refractivity contribution in [2.45, 2.75) is 50.7 Å². The summed E-state index contributed by atoms with van der Waals surface area (Å²) >= 11 is 0. The lowest BCUT2D eigenvalue weighted by Gasteiger charge is -2.28. The minimum absolute atomic E-state index is 0.0881. The third-order valence-electron chi connectivity index (χ3n) is 4.23. The van der Waals surface area contributed by atoms with E-state index in [2.05, 4.69) is 15.1 Å². The van der Waals surface area contributed by atoms with Gasteiger partial charge in [-0.1, -0.05) is 0 Å². The second kappa shape index (κ2) is 8.69. The topological polar surface area (TPSA) is 175 Å². The largest absolute Gasteiger partial charge is 0.465 e. The molecule has 2 bridgehead atoms. The number of hydrogen-bond donors (Lipinski definition) is 4. The second-order valence-electron chi connectivity index (χ2n) is 6.32. The number of carboxylic acid groups (broad SMARTS) is 1. The molecule has 2 heterocycles. The highest BCUT2D eigenvalue weighted by Gasteiger charge is 2.49. The summed E-state index contributed by atoms with van der Waals surface area (Å²) in [6.45, 7) is 1.94. The first-order valence-corrected chi connectivity index (χ1v) is 9.63. The van der Waals surface area contributed by atoms with Crippen LogP contribution in [0.4, 0.5) is 9.59 Å². The number of nitrogens with one attached hydrogen (secondary N) is 2. The van der Waals surface area contributed by atoms with Gasteiger partial charge < -0.3 is 15.3 Å². The molecule has 2 aliphatic rings. The van der Waals surface area contributed by atoms with Gasteiger partial charge in [0, 0.05) is 12.6 Å². The molecule has 0 saturated carbocycles. The quantitative estimate of drug-likeness (QED) is 0.221. The second-order valence-corrected chi connectivity index (χ2v) is 7.32. The zero-order valence-electron chi connectivity index (χ0n) is 14.5. The first kappa shape index (κ1) is 21.1. The molecular formula is C13H22N4O9S. The molecule has 0 aromatic rings. The zero-order chi connectivity index (χ0) is 20.2. The molecule has 2 fully saturated rings. The van der Waals surface area contributed by atoms with E-state index >= 15 is 0 Å². The van der Waals surface area contributed by atoms with Crippen molar-refractivity contribution in [2.24, 2.45) is 0 Å². The van der Waals surface area contributed by atoms with Gasteiger partial charge in [-0.3, -0.25) is 14.2 Å². The number of hydroxylamine groups is 3. The molecule has 0 aromatic carbocycles. The fraction of sp³-hybridized carbons (Fsp3) is 0.769. The summed E-state index contributed by atoms with van der Waals surface area (Å²) in [4.78, 5) is 41.1. The van der Waals surface area contributed by atoms with Crippen LogP contribution in [-0.4, -0.2) is 77.3 Å². The van der Waals surface area contributed by atoms with E-state index in [1.54, 1.807) is 6.92 Å². The molecule has 2 aliphatic heterocycles. The van der Waals surface area contributed by atoms with E-state index in [0.717, 1.165) is 4.90 Å². The maximum atomic E-state index is 12.2. The van der Waals surface area contributed by atoms with Crippen molar-refractivity contribution in [1.29, 1.82) is 0 Å². The van der Waals surface area contributed by atoms with Gasteiger partial charge in [0.2, 0.25) is 0 Å². The van der Waals surface area contributed by atoms with Crippen molar-refractivity contribution in [3.05, 3.63) is 0 Å². The molecule has 4 N–H and O–H groups in total. The van der Waals surface area contributed by atoms with Gasteiger partial charge in [0.05, 0.1) is 12.6 Å². The molecule has 2 saturated heterocycles. The third-order valence-corrected chi connectivity index (χ3v) is 4.58. The van der Waals surface area contributed by atoms with Gasteiger partial charge in [-0.05, 0) is 32.6 Å². The van der Waals surface area contributed by atoms with Gasteiger partial charge in [0.1, 0.15) is 6.04 Å². The monoisotopic (exact) mass is 410 g/mol. The molecule has 1 unspecified atom stereocenters. The Morgan fingerprint density at radius 1 is 1.37 bits per heavy atom. The number of carbonyl (C=O) groups excluding carboxylic acids is 2. The highest BCUT2D eigenvalue weighted by molar-refractivity contribution is 7.80. The fourth-order valence-corrected chi connectivity index (χ4v) is 3.43. The van der Waals surface area contributed by atoms with E-state index in [1.165, 1.54) is 0 Å². The minimum atomic E-state index is -4.84. The lowest BCUT2D eigenvalue weighted by molar-refractivity contribution is -0.139. The molecule has 4 amide bonds. The van der Waals surface area contributed by atoms with Crippen LogP contribution in [0.2, 0.25) is 0 Å². The highest BCUT2D eigenvalue weighted by atomic mass is 32.3. The molecule has 2 rings (SSSR count). The third kappa shape index (κ3) is 5.92. The van der Waals surface area contributed by atoms with Crippen LogP contribution < -0.4 is 10.8 Å². The Morgan fingerprint density at radius 2 is 2.07 bits per heavy atom. The SMILES string of the molecule is CC(CCCONC(=O)[C@@H]1CC[C@@H]2CN1C(=O)N2OS(=O)(=O)O)NC(=O)O. The van der Waals surface area contributed by atoms with Crippen molar-refractivity contribution in [1.82, 2.24) is 20.8 Å². The molecule has 0 aromatic heterocycles. The van der Waals surface area contributed by atoms with Crippen molar-refractivity contribution < 1.29 is 41.6 Å². The maximum Gasteiger partial charge on any atom is 0.418 e. The molecule has 0 radical (unpaired) electrons. The van der Waals surface area contributed by atoms with Crippen LogP contribution in [0.15, 0.2) is 0 Å². The molecule has 0 aliphatic carbocycles. The van der Waals surface area contributed by atoms with E-state index in [1.807, 2.05) is 0 Å². The summed E-state index contributed by atoms with van der Waals surface area (Å²) in [7, 11) is -4.84. The molecular weight excluding hydrogens is 388 g/mol. The lowest BCUT2D eigenvalue weighted by Crippen LogP contribution is -2.49. The zero-order valence-corrected chi connectivity index (χ0v) is 15.3. The van der Waals surface area contributed by atoms with Crippen LogP contribution in [-0.2, 0) is 24.3 Å². The Hall–Kier alpha value is -2.16. The summed E-state index contributed by atoms with van der Waals surface area (Å²) < 4.78 is 34.7. The van der Waals surface area contributed by atoms with Crippen molar-refractivity contribution in [2.75, 3.05) is 13.2 Å². The molecule has 0 spiro atoms. The Balaban J connectivity index is 1.76. The van der Waals surface area contributed by atoms with Gasteiger partial charge in [0.25, 0.3) is 5.91 Å². The number of amides is 4. The summed E-state index contributed by atoms with van der Waals surface area (Å²) in [5.41, 5.74) is 2.24. The number of piperidine rings is 1. The Kier molecular flexibility index (Phi) is 6.80. The summed E-state index contributed by atoms with van der Waals surface area (Å²) in [6.07, 6.45) is 0.479. The highest BCUT2D eigenvalue weighted by Crippen LogP contribution is 2.30. The standard InChI is InChI=1S/C13H22N4O9S/c1-8(14-12(19)20)3-2-6-25-15-11(18)10-5-4-9-7-16(10)13(21)17(9)26-27(22,23)24/h8-10,14H,2-7H2,1H3,(H,15,18)(H,19,20)(H,22,23,24)/t8?,9-,10+/m1/s1. The van der Waals surface area contributed by atoms with Crippen LogP contribution in [0.3, 0.4) is 0 Å². The van der Waals surface area contributed by atoms with Gasteiger partial charge in [-0.15, -0.1) is 4.28 Å². The molecule has 27 heavy (non-hydrogen) atoms. The smallest absolute Gasteiger partial charge is 0.418 e. The molecule has 14 heteroatoms. The van der Waals surface area contributed by atoms with Crippen LogP contribution in [0.5, 0.6) is 0 Å². The summed E-state index contributed by atoms with van der Waals surface area (Å²) in [6, 6.07) is -2.51. The van der Waals surface area contributed by atoms with E-state index < -0.39 is 40.5 Å². The lowest BCUT2D eigenvalue weighted by atomic mass is 10.0. The number of hydrogen-bond acceptors (Lipinski definition) is 7. The van der Waals surface area contributed by atoms with Gasteiger partial charge in [-0.2, -0.15) is 13.5 Å². The van der Waals surface area contributed by atoms with Gasteiger partial charge in [0.15, 0.2) is 0 Å². The predicted octanol–water partition coefficient (Wildman–Crippen LogP) is -0.526. The molecule has 13 nitrogen and oxygen atoms in total. The Bertz CT molecular complexity index is 685. The molecule has 154 valence electrons. The Labute approximate surface area is 155 Å². The number of urea groups is 1. The first-order valence-electron chi connectivity index (χ1n) is 8.26. The van der Waals surface area contributed by atoms with Crippen LogP contribution in [0.1, 0.15) is 32.6 Å². The number of carbonyl (C=O) groups is 3. The number of rotatable bonds is 9. The summed E-state index contributed by atoms with van der Waals surface area (Å²) in [5, 5.41) is 11.4. The number of nitrogens with zero attached hydrogens (tertiary/aromatic N) is 2. The first-order chi connectivity index (χ1) is 12.6. The average molecular weight is 410 g/mol. The van der Waals surface area contributed by atoms with Crippen molar-refractivity contribution >= 4 is 28.4 Å². The average Bonchev–Trinajstić information content (AvgIpc) is 2.77. The van der Waals surface area contributed by atoms with Crippen molar-refractivity contribution in [3.8, 4) is 0 Å². The normalized spacial score (nSPS) is 23.3. The minimum Gasteiger partial charge on any atom is -0.465 e. The Morgan fingerprint density at radius 3 is 2.70 bits per heavy atom.